The van der Waals surface area contributed by atoms with Crippen LogP contribution in [0.2, 0.25) is 0 Å². The summed E-state index contributed by atoms with van der Waals surface area (Å²) in [6, 6.07) is 4.20. The Balaban J connectivity index is 2.70. The van der Waals surface area contributed by atoms with Crippen LogP contribution < -0.4 is 9.47 Å². The van der Waals surface area contributed by atoms with Gasteiger partial charge in [0, 0.05) is 0 Å². The lowest BCUT2D eigenvalue weighted by atomic mass is 10.3. The maximum absolute atomic E-state index is 11.0. The van der Waals surface area contributed by atoms with E-state index in [0.717, 1.165) is 6.42 Å². The Hall–Kier alpha value is -1.87. The van der Waals surface area contributed by atoms with Crippen LogP contribution in [-0.2, 0) is 10.1 Å². The van der Waals surface area contributed by atoms with Crippen LogP contribution in [0.15, 0.2) is 18.2 Å². The zero-order valence-electron chi connectivity index (χ0n) is 11.5. The first kappa shape index (κ1) is 17.2. The molecule has 0 spiro atoms. The number of nitrogens with zero attached hydrogens (tertiary/aromatic N) is 1. The lowest BCUT2D eigenvalue weighted by Gasteiger charge is -2.08. The average molecular weight is 319 g/mol. The SMILES string of the molecule is CCCOc1ccc(OCCCS(=O)(=O)O)c([N+](=O)[O-])c1. The molecule has 0 saturated carbocycles. The minimum absolute atomic E-state index is 0.0270. The van der Waals surface area contributed by atoms with Gasteiger partial charge in [-0.25, -0.2) is 0 Å². The van der Waals surface area contributed by atoms with E-state index < -0.39 is 20.8 Å². The van der Waals surface area contributed by atoms with Crippen molar-refractivity contribution in [3.8, 4) is 11.5 Å². The number of ether oxygens (including phenoxy) is 2. The molecule has 0 amide bonds. The van der Waals surface area contributed by atoms with Gasteiger partial charge in [0.15, 0.2) is 5.75 Å². The highest BCUT2D eigenvalue weighted by Crippen LogP contribution is 2.31. The average Bonchev–Trinajstić information content (AvgIpc) is 2.40. The van der Waals surface area contributed by atoms with Gasteiger partial charge in [0.2, 0.25) is 0 Å². The Morgan fingerprint density at radius 2 is 2.00 bits per heavy atom. The normalized spacial score (nSPS) is 11.1. The van der Waals surface area contributed by atoms with E-state index in [2.05, 4.69) is 0 Å². The molecule has 0 aliphatic rings. The van der Waals surface area contributed by atoms with Gasteiger partial charge < -0.3 is 9.47 Å². The van der Waals surface area contributed by atoms with Crippen LogP contribution in [-0.4, -0.2) is 36.9 Å². The summed E-state index contributed by atoms with van der Waals surface area (Å²) in [5.41, 5.74) is -0.254. The van der Waals surface area contributed by atoms with E-state index in [0.29, 0.717) is 12.4 Å². The van der Waals surface area contributed by atoms with Crippen molar-refractivity contribution < 1.29 is 27.4 Å². The van der Waals surface area contributed by atoms with Gasteiger partial charge in [-0.05, 0) is 25.0 Å². The van der Waals surface area contributed by atoms with Crippen LogP contribution >= 0.6 is 0 Å². The van der Waals surface area contributed by atoms with Crippen LogP contribution in [0.25, 0.3) is 0 Å². The van der Waals surface area contributed by atoms with Crippen molar-refractivity contribution in [2.75, 3.05) is 19.0 Å². The summed E-state index contributed by atoms with van der Waals surface area (Å²) in [6.45, 7) is 2.31. The first-order valence-corrected chi connectivity index (χ1v) is 7.93. The molecule has 0 heterocycles. The third kappa shape index (κ3) is 6.41. The fraction of sp³-hybridized carbons (Fsp3) is 0.500. The second kappa shape index (κ2) is 7.79. The summed E-state index contributed by atoms with van der Waals surface area (Å²) >= 11 is 0. The van der Waals surface area contributed by atoms with E-state index >= 15 is 0 Å². The molecule has 0 aliphatic carbocycles. The summed E-state index contributed by atoms with van der Waals surface area (Å²) < 4.78 is 40.1. The van der Waals surface area contributed by atoms with Gasteiger partial charge in [0.05, 0.1) is 30.0 Å². The lowest BCUT2D eigenvalue weighted by Crippen LogP contribution is -2.09. The largest absolute Gasteiger partial charge is 0.493 e. The molecular weight excluding hydrogens is 302 g/mol. The van der Waals surface area contributed by atoms with Crippen molar-refractivity contribution >= 4 is 15.8 Å². The van der Waals surface area contributed by atoms with E-state index in [9.17, 15) is 18.5 Å². The monoisotopic (exact) mass is 319 g/mol. The number of hydrogen-bond acceptors (Lipinski definition) is 6. The summed E-state index contributed by atoms with van der Waals surface area (Å²) in [5, 5.41) is 11.0. The fourth-order valence-corrected chi connectivity index (χ4v) is 1.98. The summed E-state index contributed by atoms with van der Waals surface area (Å²) in [5.74, 6) is -0.0635. The number of rotatable bonds is 9. The summed E-state index contributed by atoms with van der Waals surface area (Å²) in [6.07, 6.45) is 0.811. The van der Waals surface area contributed by atoms with Crippen molar-refractivity contribution in [3.63, 3.8) is 0 Å². The van der Waals surface area contributed by atoms with Crippen molar-refractivity contribution in [3.05, 3.63) is 28.3 Å². The smallest absolute Gasteiger partial charge is 0.314 e. The van der Waals surface area contributed by atoms with Gasteiger partial charge in [0.25, 0.3) is 10.1 Å². The van der Waals surface area contributed by atoms with Gasteiger partial charge in [0.1, 0.15) is 5.75 Å². The fourth-order valence-electron chi connectivity index (χ4n) is 1.50. The maximum atomic E-state index is 11.0. The zero-order chi connectivity index (χ0) is 15.9. The van der Waals surface area contributed by atoms with Crippen molar-refractivity contribution in [2.24, 2.45) is 0 Å². The molecule has 0 atom stereocenters. The third-order valence-corrected chi connectivity index (χ3v) is 3.21. The Morgan fingerprint density at radius 1 is 1.29 bits per heavy atom. The van der Waals surface area contributed by atoms with E-state index in [1.807, 2.05) is 6.92 Å². The molecule has 1 aromatic carbocycles. The van der Waals surface area contributed by atoms with Crippen LogP contribution in [0.4, 0.5) is 5.69 Å². The minimum atomic E-state index is -4.06. The Labute approximate surface area is 122 Å². The second-order valence-corrected chi connectivity index (χ2v) is 5.80. The quantitative estimate of drug-likeness (QED) is 0.320. The van der Waals surface area contributed by atoms with E-state index in [-0.39, 0.29) is 24.5 Å². The third-order valence-electron chi connectivity index (χ3n) is 2.40. The lowest BCUT2D eigenvalue weighted by molar-refractivity contribution is -0.385. The minimum Gasteiger partial charge on any atom is -0.493 e. The molecule has 8 nitrogen and oxygen atoms in total. The number of benzene rings is 1. The van der Waals surface area contributed by atoms with Crippen molar-refractivity contribution in [1.29, 1.82) is 0 Å². The summed E-state index contributed by atoms with van der Waals surface area (Å²) in [7, 11) is -4.06. The molecule has 1 N–H and O–H groups in total. The molecule has 0 aliphatic heterocycles. The number of hydrogen-bond donors (Lipinski definition) is 1. The van der Waals surface area contributed by atoms with Gasteiger partial charge in [-0.3, -0.25) is 14.7 Å². The molecule has 0 unspecified atom stereocenters. The van der Waals surface area contributed by atoms with Crippen molar-refractivity contribution in [1.82, 2.24) is 0 Å². The predicted octanol–water partition coefficient (Wildman–Crippen LogP) is 2.04. The summed E-state index contributed by atoms with van der Waals surface area (Å²) in [4.78, 5) is 10.4. The highest BCUT2D eigenvalue weighted by molar-refractivity contribution is 7.85. The molecule has 9 heteroatoms. The van der Waals surface area contributed by atoms with Crippen LogP contribution in [0, 0.1) is 10.1 Å². The molecule has 118 valence electrons. The van der Waals surface area contributed by atoms with E-state index in [1.54, 1.807) is 6.07 Å². The second-order valence-electron chi connectivity index (χ2n) is 4.22. The zero-order valence-corrected chi connectivity index (χ0v) is 12.3. The molecule has 1 aromatic rings. The highest BCUT2D eigenvalue weighted by Gasteiger charge is 2.17. The Morgan fingerprint density at radius 3 is 2.57 bits per heavy atom. The molecule has 0 bridgehead atoms. The first-order chi connectivity index (χ1) is 9.83. The topological polar surface area (TPSA) is 116 Å². The van der Waals surface area contributed by atoms with Crippen molar-refractivity contribution in [2.45, 2.75) is 19.8 Å². The Bertz CT molecular complexity index is 585. The first-order valence-electron chi connectivity index (χ1n) is 6.32. The van der Waals surface area contributed by atoms with E-state index in [4.69, 9.17) is 14.0 Å². The maximum Gasteiger partial charge on any atom is 0.314 e. The highest BCUT2D eigenvalue weighted by atomic mass is 32.2. The molecular formula is C12H17NO7S. The van der Waals surface area contributed by atoms with Gasteiger partial charge in [-0.1, -0.05) is 6.92 Å². The molecule has 0 fully saturated rings. The van der Waals surface area contributed by atoms with E-state index in [1.165, 1.54) is 12.1 Å². The van der Waals surface area contributed by atoms with Crippen LogP contribution in [0.1, 0.15) is 19.8 Å². The Kier molecular flexibility index (Phi) is 6.38. The molecule has 0 radical (unpaired) electrons. The number of nitro groups is 1. The molecule has 0 saturated heterocycles. The van der Waals surface area contributed by atoms with Crippen LogP contribution in [0.3, 0.4) is 0 Å². The standard InChI is InChI=1S/C12H17NO7S/c1-2-6-19-10-4-5-12(11(9-10)13(14)15)20-7-3-8-21(16,17)18/h4-5,9H,2-3,6-8H2,1H3,(H,16,17,18). The van der Waals surface area contributed by atoms with Gasteiger partial charge >= 0.3 is 5.69 Å². The predicted molar refractivity (Wildman–Crippen MR) is 75.4 cm³/mol. The van der Waals surface area contributed by atoms with Gasteiger partial charge in [-0.2, -0.15) is 8.42 Å². The molecule has 1 rings (SSSR count). The molecule has 21 heavy (non-hydrogen) atoms. The van der Waals surface area contributed by atoms with Gasteiger partial charge in [-0.15, -0.1) is 0 Å². The van der Waals surface area contributed by atoms with Crippen LogP contribution in [0.5, 0.6) is 11.5 Å². The molecule has 0 aromatic heterocycles. The number of nitro benzene ring substituents is 1.